The van der Waals surface area contributed by atoms with E-state index in [2.05, 4.69) is 4.98 Å². The van der Waals surface area contributed by atoms with Crippen molar-refractivity contribution < 1.29 is 23.2 Å². The summed E-state index contributed by atoms with van der Waals surface area (Å²) in [4.78, 5) is 25.9. The fourth-order valence-corrected chi connectivity index (χ4v) is 5.26. The zero-order chi connectivity index (χ0) is 19.1. The van der Waals surface area contributed by atoms with Crippen LogP contribution >= 0.6 is 0 Å². The first kappa shape index (κ1) is 18.2. The molecule has 0 spiro atoms. The number of aliphatic carboxylic acids is 1. The molecule has 0 aliphatic carbocycles. The van der Waals surface area contributed by atoms with Crippen molar-refractivity contribution in [2.75, 3.05) is 6.54 Å². The van der Waals surface area contributed by atoms with E-state index < -0.39 is 32.9 Å². The third kappa shape index (κ3) is 2.90. The minimum atomic E-state index is -4.06. The van der Waals surface area contributed by atoms with Crippen LogP contribution in [0.15, 0.2) is 35.4 Å². The smallest absolute Gasteiger partial charge is 0.308 e. The number of fused-ring (bicyclic) bond motifs is 1. The topological polar surface area (TPSA) is 131 Å². The van der Waals surface area contributed by atoms with Gasteiger partial charge in [0.05, 0.1) is 21.7 Å². The number of benzene rings is 1. The third-order valence-corrected chi connectivity index (χ3v) is 6.76. The van der Waals surface area contributed by atoms with Gasteiger partial charge in [0, 0.05) is 24.8 Å². The number of pyridine rings is 1. The van der Waals surface area contributed by atoms with Crippen LogP contribution in [0.2, 0.25) is 0 Å². The summed E-state index contributed by atoms with van der Waals surface area (Å²) in [6.45, 7) is 1.76. The monoisotopic (exact) mass is 379 g/mol. The van der Waals surface area contributed by atoms with Crippen LogP contribution in [0.5, 0.6) is 0 Å². The van der Waals surface area contributed by atoms with Gasteiger partial charge in [0.15, 0.2) is 0 Å². The molecule has 1 aromatic carbocycles. The van der Waals surface area contributed by atoms with Gasteiger partial charge in [-0.05, 0) is 38.0 Å². The molecule has 0 unspecified atom stereocenters. The Kier molecular flexibility index (Phi) is 4.63. The first-order valence-corrected chi connectivity index (χ1v) is 9.46. The number of nitrogens with zero attached hydrogens (tertiary/aromatic N) is 3. The van der Waals surface area contributed by atoms with Gasteiger partial charge in [-0.1, -0.05) is 0 Å². The summed E-state index contributed by atoms with van der Waals surface area (Å²) in [5.41, 5.74) is -0.228. The summed E-state index contributed by atoms with van der Waals surface area (Å²) in [5.74, 6) is -1.83. The molecule has 26 heavy (non-hydrogen) atoms. The van der Waals surface area contributed by atoms with Crippen LogP contribution in [0.1, 0.15) is 19.8 Å². The first-order valence-electron chi connectivity index (χ1n) is 8.02. The minimum absolute atomic E-state index is 0.00588. The van der Waals surface area contributed by atoms with E-state index in [1.54, 1.807) is 6.92 Å². The molecule has 1 fully saturated rings. The Labute approximate surface area is 149 Å². The number of hydrogen-bond donors (Lipinski definition) is 1. The van der Waals surface area contributed by atoms with E-state index in [1.807, 2.05) is 0 Å². The van der Waals surface area contributed by atoms with Gasteiger partial charge in [0.25, 0.3) is 5.69 Å². The predicted octanol–water partition coefficient (Wildman–Crippen LogP) is 2.02. The lowest BCUT2D eigenvalue weighted by atomic mass is 9.92. The molecule has 9 nitrogen and oxygen atoms in total. The summed E-state index contributed by atoms with van der Waals surface area (Å²) < 4.78 is 27.5. The van der Waals surface area contributed by atoms with Gasteiger partial charge >= 0.3 is 5.97 Å². The number of rotatable bonds is 4. The highest BCUT2D eigenvalue weighted by Crippen LogP contribution is 2.34. The Morgan fingerprint density at radius 3 is 2.77 bits per heavy atom. The van der Waals surface area contributed by atoms with E-state index in [0.717, 1.165) is 10.4 Å². The fourth-order valence-electron chi connectivity index (χ4n) is 3.41. The fraction of sp³-hybridized carbons (Fsp3) is 0.375. The number of sulfonamides is 1. The number of aromatic nitrogens is 1. The second-order valence-corrected chi connectivity index (χ2v) is 8.04. The largest absolute Gasteiger partial charge is 0.481 e. The van der Waals surface area contributed by atoms with Gasteiger partial charge in [0.1, 0.15) is 4.90 Å². The van der Waals surface area contributed by atoms with E-state index in [4.69, 9.17) is 0 Å². The van der Waals surface area contributed by atoms with Crippen molar-refractivity contribution in [3.05, 3.63) is 40.6 Å². The highest BCUT2D eigenvalue weighted by molar-refractivity contribution is 7.89. The highest BCUT2D eigenvalue weighted by atomic mass is 32.2. The lowest BCUT2D eigenvalue weighted by molar-refractivity contribution is -0.383. The number of carboxylic acids is 1. The summed E-state index contributed by atoms with van der Waals surface area (Å²) in [6, 6.07) is 4.52. The molecule has 1 aromatic heterocycles. The van der Waals surface area contributed by atoms with Gasteiger partial charge < -0.3 is 5.11 Å². The number of nitro benzene ring substituents is 1. The molecule has 0 radical (unpaired) electrons. The molecule has 10 heteroatoms. The lowest BCUT2D eigenvalue weighted by Gasteiger charge is -2.36. The number of nitro groups is 1. The molecular formula is C16H17N3O6S. The number of carboxylic acid groups (broad SMARTS) is 1. The van der Waals surface area contributed by atoms with Crippen molar-refractivity contribution in [1.29, 1.82) is 0 Å². The first-order chi connectivity index (χ1) is 12.2. The molecule has 1 aliphatic heterocycles. The Morgan fingerprint density at radius 1 is 1.38 bits per heavy atom. The van der Waals surface area contributed by atoms with Gasteiger partial charge in [0.2, 0.25) is 10.0 Å². The van der Waals surface area contributed by atoms with Crippen molar-refractivity contribution >= 4 is 32.6 Å². The number of non-ortho nitro benzene ring substituents is 1. The maximum Gasteiger partial charge on any atom is 0.308 e. The summed E-state index contributed by atoms with van der Waals surface area (Å²) >= 11 is 0. The number of carbonyl (C=O) groups is 1. The molecule has 3 rings (SSSR count). The van der Waals surface area contributed by atoms with E-state index in [-0.39, 0.29) is 28.0 Å². The van der Waals surface area contributed by atoms with Crippen LogP contribution in [0.3, 0.4) is 0 Å². The van der Waals surface area contributed by atoms with Crippen LogP contribution in [0, 0.1) is 16.0 Å². The molecule has 0 saturated carbocycles. The summed E-state index contributed by atoms with van der Waals surface area (Å²) in [5, 5.41) is 20.6. The molecule has 2 aromatic rings. The SMILES string of the molecule is C[C@@H]1[C@H](C(=O)O)CCCN1S(=O)(=O)c1ccc([N+](=O)[O-])c2cccnc12. The minimum Gasteiger partial charge on any atom is -0.481 e. The second kappa shape index (κ2) is 6.61. The summed E-state index contributed by atoms with van der Waals surface area (Å²) in [7, 11) is -4.06. The van der Waals surface area contributed by atoms with Crippen LogP contribution in [-0.2, 0) is 14.8 Å². The average Bonchev–Trinajstić information content (AvgIpc) is 2.60. The van der Waals surface area contributed by atoms with Crippen LogP contribution in [-0.4, -0.2) is 46.3 Å². The van der Waals surface area contributed by atoms with Crippen LogP contribution in [0.4, 0.5) is 5.69 Å². The standard InChI is InChI=1S/C16H17N3O6S/c1-10-11(16(20)21)5-3-9-18(10)26(24,25)14-7-6-13(19(22)23)12-4-2-8-17-15(12)14/h2,4,6-8,10-11H,3,5,9H2,1H3,(H,20,21)/t10-,11-/m1/s1. The predicted molar refractivity (Wildman–Crippen MR) is 92.1 cm³/mol. The van der Waals surface area contributed by atoms with Crippen LogP contribution in [0.25, 0.3) is 10.9 Å². The maximum atomic E-state index is 13.2. The summed E-state index contributed by atoms with van der Waals surface area (Å²) in [6.07, 6.45) is 2.20. The molecule has 1 N–H and O–H groups in total. The van der Waals surface area contributed by atoms with E-state index in [1.165, 1.54) is 24.4 Å². The van der Waals surface area contributed by atoms with E-state index in [0.29, 0.717) is 12.8 Å². The van der Waals surface area contributed by atoms with Crippen molar-refractivity contribution in [2.45, 2.75) is 30.7 Å². The molecule has 1 saturated heterocycles. The lowest BCUT2D eigenvalue weighted by Crippen LogP contribution is -2.49. The Morgan fingerprint density at radius 2 is 2.12 bits per heavy atom. The van der Waals surface area contributed by atoms with E-state index >= 15 is 0 Å². The van der Waals surface area contributed by atoms with E-state index in [9.17, 15) is 28.4 Å². The van der Waals surface area contributed by atoms with Crippen molar-refractivity contribution in [3.8, 4) is 0 Å². The Bertz CT molecular complexity index is 991. The molecular weight excluding hydrogens is 362 g/mol. The zero-order valence-electron chi connectivity index (χ0n) is 13.9. The number of piperidine rings is 1. The van der Waals surface area contributed by atoms with Crippen molar-refractivity contribution in [3.63, 3.8) is 0 Å². The molecule has 1 aliphatic rings. The highest BCUT2D eigenvalue weighted by Gasteiger charge is 2.40. The van der Waals surface area contributed by atoms with Gasteiger partial charge in [-0.15, -0.1) is 0 Å². The number of hydrogen-bond acceptors (Lipinski definition) is 6. The van der Waals surface area contributed by atoms with Gasteiger partial charge in [-0.25, -0.2) is 8.42 Å². The zero-order valence-corrected chi connectivity index (χ0v) is 14.7. The van der Waals surface area contributed by atoms with Gasteiger partial charge in [-0.2, -0.15) is 4.31 Å². The molecule has 0 bridgehead atoms. The molecule has 138 valence electrons. The quantitative estimate of drug-likeness (QED) is 0.635. The molecule has 2 heterocycles. The third-order valence-electron chi connectivity index (χ3n) is 4.74. The van der Waals surface area contributed by atoms with Crippen LogP contribution < -0.4 is 0 Å². The Balaban J connectivity index is 2.15. The second-order valence-electron chi connectivity index (χ2n) is 6.18. The van der Waals surface area contributed by atoms with Gasteiger partial charge in [-0.3, -0.25) is 19.9 Å². The normalized spacial score (nSPS) is 21.6. The van der Waals surface area contributed by atoms with Crippen molar-refractivity contribution in [1.82, 2.24) is 9.29 Å². The van der Waals surface area contributed by atoms with Crippen molar-refractivity contribution in [2.24, 2.45) is 5.92 Å². The molecule has 0 amide bonds. The average molecular weight is 379 g/mol. The molecule has 2 atom stereocenters. The Hall–Kier alpha value is -2.59. The maximum absolute atomic E-state index is 13.2.